The lowest BCUT2D eigenvalue weighted by molar-refractivity contribution is -0.115. The van der Waals surface area contributed by atoms with Crippen LogP contribution in [0.25, 0.3) is 10.6 Å². The number of amides is 1. The maximum Gasteiger partial charge on any atom is 0.231 e. The second-order valence-corrected chi connectivity index (χ2v) is 6.03. The molecule has 0 radical (unpaired) electrons. The maximum atomic E-state index is 12.1. The van der Waals surface area contributed by atoms with Crippen molar-refractivity contribution in [3.63, 3.8) is 0 Å². The van der Waals surface area contributed by atoms with Crippen LogP contribution in [0.4, 0.5) is 5.82 Å². The predicted octanol–water partition coefficient (Wildman–Crippen LogP) is 3.12. The lowest BCUT2D eigenvalue weighted by atomic mass is 10.2. The van der Waals surface area contributed by atoms with Crippen LogP contribution in [0.15, 0.2) is 41.9 Å². The van der Waals surface area contributed by atoms with Crippen LogP contribution in [0.3, 0.4) is 0 Å². The molecule has 0 saturated heterocycles. The largest absolute Gasteiger partial charge is 0.493 e. The molecule has 0 bridgehead atoms. The number of thiazole rings is 1. The van der Waals surface area contributed by atoms with Crippen LogP contribution >= 0.6 is 11.3 Å². The monoisotopic (exact) mass is 342 g/mol. The fraction of sp³-hybridized carbons (Fsp3) is 0.235. The minimum Gasteiger partial charge on any atom is -0.493 e. The van der Waals surface area contributed by atoms with Gasteiger partial charge in [0.1, 0.15) is 10.8 Å². The molecule has 0 fully saturated rings. The molecule has 1 aromatic carbocycles. The topological polar surface area (TPSA) is 69.0 Å². The van der Waals surface area contributed by atoms with Gasteiger partial charge in [-0.05, 0) is 19.1 Å². The Morgan fingerprint density at radius 1 is 1.33 bits per heavy atom. The molecule has 124 valence electrons. The molecule has 0 aliphatic heterocycles. The van der Waals surface area contributed by atoms with Crippen molar-refractivity contribution in [1.82, 2.24) is 14.8 Å². The lowest BCUT2D eigenvalue weighted by Crippen LogP contribution is -2.15. The molecule has 0 spiro atoms. The van der Waals surface area contributed by atoms with E-state index in [1.165, 1.54) is 11.3 Å². The second-order valence-electron chi connectivity index (χ2n) is 5.17. The molecule has 6 nitrogen and oxygen atoms in total. The van der Waals surface area contributed by atoms with E-state index < -0.39 is 0 Å². The number of carbonyl (C=O) groups is 1. The third-order valence-electron chi connectivity index (χ3n) is 3.29. The fourth-order valence-electron chi connectivity index (χ4n) is 2.27. The van der Waals surface area contributed by atoms with E-state index in [9.17, 15) is 4.79 Å². The summed E-state index contributed by atoms with van der Waals surface area (Å²) in [5, 5.41) is 9.63. The van der Waals surface area contributed by atoms with Gasteiger partial charge in [0, 0.05) is 24.7 Å². The number of nitrogens with one attached hydrogen (secondary N) is 1. The number of anilines is 1. The number of benzene rings is 1. The number of carbonyl (C=O) groups excluding carboxylic acids is 1. The van der Waals surface area contributed by atoms with Gasteiger partial charge >= 0.3 is 0 Å². The zero-order chi connectivity index (χ0) is 16.9. The van der Waals surface area contributed by atoms with E-state index in [-0.39, 0.29) is 12.3 Å². The Morgan fingerprint density at radius 3 is 2.92 bits per heavy atom. The van der Waals surface area contributed by atoms with Crippen molar-refractivity contribution in [2.75, 3.05) is 11.9 Å². The molecule has 3 rings (SSSR count). The van der Waals surface area contributed by atoms with Crippen LogP contribution < -0.4 is 10.1 Å². The summed E-state index contributed by atoms with van der Waals surface area (Å²) in [5.41, 5.74) is 1.68. The summed E-state index contributed by atoms with van der Waals surface area (Å²) in [4.78, 5) is 16.6. The number of aromatic nitrogens is 3. The first-order valence-electron chi connectivity index (χ1n) is 7.62. The van der Waals surface area contributed by atoms with Crippen LogP contribution in [-0.2, 0) is 18.3 Å². The molecule has 0 saturated carbocycles. The van der Waals surface area contributed by atoms with Crippen LogP contribution in [0, 0.1) is 0 Å². The Morgan fingerprint density at radius 2 is 2.17 bits per heavy atom. The quantitative estimate of drug-likeness (QED) is 0.747. The van der Waals surface area contributed by atoms with Gasteiger partial charge < -0.3 is 10.1 Å². The predicted molar refractivity (Wildman–Crippen MR) is 94.3 cm³/mol. The van der Waals surface area contributed by atoms with E-state index in [4.69, 9.17) is 4.74 Å². The Balaban J connectivity index is 1.70. The van der Waals surface area contributed by atoms with Crippen LogP contribution in [0.2, 0.25) is 0 Å². The molecule has 0 unspecified atom stereocenters. The molecular formula is C17H18N4O2S. The van der Waals surface area contributed by atoms with Crippen molar-refractivity contribution >= 4 is 23.1 Å². The van der Waals surface area contributed by atoms with E-state index in [0.717, 1.165) is 22.0 Å². The van der Waals surface area contributed by atoms with Crippen molar-refractivity contribution < 1.29 is 9.53 Å². The van der Waals surface area contributed by atoms with E-state index in [1.807, 2.05) is 36.6 Å². The third-order valence-corrected chi connectivity index (χ3v) is 4.22. The number of rotatable bonds is 6. The van der Waals surface area contributed by atoms with Gasteiger partial charge in [0.25, 0.3) is 0 Å². The molecule has 2 aromatic heterocycles. The third kappa shape index (κ3) is 3.80. The molecular weight excluding hydrogens is 324 g/mol. The number of para-hydroxylation sites is 1. The molecule has 3 aromatic rings. The van der Waals surface area contributed by atoms with Gasteiger partial charge in [0.05, 0.1) is 24.3 Å². The minimum atomic E-state index is -0.136. The molecule has 2 heterocycles. The summed E-state index contributed by atoms with van der Waals surface area (Å²) < 4.78 is 7.28. The highest BCUT2D eigenvalue weighted by Gasteiger charge is 2.13. The van der Waals surface area contributed by atoms with Gasteiger partial charge in [0.15, 0.2) is 5.82 Å². The number of nitrogens with zero attached hydrogens (tertiary/aromatic N) is 3. The number of aryl methyl sites for hydroxylation is 1. The highest BCUT2D eigenvalue weighted by molar-refractivity contribution is 7.13. The zero-order valence-corrected chi connectivity index (χ0v) is 14.3. The molecule has 0 aliphatic rings. The summed E-state index contributed by atoms with van der Waals surface area (Å²) >= 11 is 1.50. The zero-order valence-electron chi connectivity index (χ0n) is 13.5. The first-order valence-corrected chi connectivity index (χ1v) is 8.49. The van der Waals surface area contributed by atoms with E-state index in [1.54, 1.807) is 24.0 Å². The van der Waals surface area contributed by atoms with E-state index in [0.29, 0.717) is 12.4 Å². The smallest absolute Gasteiger partial charge is 0.231 e. The molecule has 7 heteroatoms. The molecule has 0 atom stereocenters. The Kier molecular flexibility index (Phi) is 4.90. The van der Waals surface area contributed by atoms with E-state index >= 15 is 0 Å². The molecule has 24 heavy (non-hydrogen) atoms. The molecule has 1 amide bonds. The van der Waals surface area contributed by atoms with Crippen molar-refractivity contribution in [2.45, 2.75) is 13.3 Å². The van der Waals surface area contributed by atoms with Crippen molar-refractivity contribution in [1.29, 1.82) is 0 Å². The standard InChI is InChI=1S/C17H18N4O2S/c1-3-23-14-7-5-4-6-13(14)17-18-12(11-24-17)10-16(22)19-15-8-9-21(2)20-15/h4-9,11H,3,10H2,1-2H3,(H,19,20,22). The van der Waals surface area contributed by atoms with Gasteiger partial charge in [-0.1, -0.05) is 12.1 Å². The summed E-state index contributed by atoms with van der Waals surface area (Å²) in [6, 6.07) is 9.54. The summed E-state index contributed by atoms with van der Waals surface area (Å²) in [6.45, 7) is 2.55. The number of ether oxygens (including phenoxy) is 1. The van der Waals surface area contributed by atoms with E-state index in [2.05, 4.69) is 15.4 Å². The Bertz CT molecular complexity index is 840. The average molecular weight is 342 g/mol. The number of hydrogen-bond donors (Lipinski definition) is 1. The van der Waals surface area contributed by atoms with Crippen molar-refractivity contribution in [3.05, 3.63) is 47.6 Å². The highest BCUT2D eigenvalue weighted by atomic mass is 32.1. The average Bonchev–Trinajstić information content (AvgIpc) is 3.17. The Hall–Kier alpha value is -2.67. The summed E-state index contributed by atoms with van der Waals surface area (Å²) in [6.07, 6.45) is 1.99. The second kappa shape index (κ2) is 7.27. The normalized spacial score (nSPS) is 10.6. The van der Waals surface area contributed by atoms with Gasteiger partial charge in [-0.3, -0.25) is 9.48 Å². The van der Waals surface area contributed by atoms with Gasteiger partial charge in [-0.25, -0.2) is 4.98 Å². The SMILES string of the molecule is CCOc1ccccc1-c1nc(CC(=O)Nc2ccn(C)n2)cs1. The van der Waals surface area contributed by atoms with Crippen molar-refractivity contribution in [2.24, 2.45) is 7.05 Å². The summed E-state index contributed by atoms with van der Waals surface area (Å²) in [5.74, 6) is 1.21. The van der Waals surface area contributed by atoms with Crippen LogP contribution in [0.1, 0.15) is 12.6 Å². The fourth-order valence-corrected chi connectivity index (χ4v) is 3.12. The summed E-state index contributed by atoms with van der Waals surface area (Å²) in [7, 11) is 1.80. The molecule has 0 aliphatic carbocycles. The highest BCUT2D eigenvalue weighted by Crippen LogP contribution is 2.32. The van der Waals surface area contributed by atoms with Gasteiger partial charge in [0.2, 0.25) is 5.91 Å². The minimum absolute atomic E-state index is 0.136. The van der Waals surface area contributed by atoms with Gasteiger partial charge in [-0.2, -0.15) is 5.10 Å². The first-order chi connectivity index (χ1) is 11.7. The maximum absolute atomic E-state index is 12.1. The molecule has 1 N–H and O–H groups in total. The van der Waals surface area contributed by atoms with Crippen LogP contribution in [0.5, 0.6) is 5.75 Å². The van der Waals surface area contributed by atoms with Gasteiger partial charge in [-0.15, -0.1) is 11.3 Å². The number of hydrogen-bond acceptors (Lipinski definition) is 5. The first kappa shape index (κ1) is 16.2. The van der Waals surface area contributed by atoms with Crippen LogP contribution in [-0.4, -0.2) is 27.3 Å². The Labute approximate surface area is 144 Å². The lowest BCUT2D eigenvalue weighted by Gasteiger charge is -2.07. The van der Waals surface area contributed by atoms with Crippen molar-refractivity contribution in [3.8, 4) is 16.3 Å².